The molecule has 2 N–H and O–H groups in total. The zero-order valence-corrected chi connectivity index (χ0v) is 21.5. The second-order valence-corrected chi connectivity index (χ2v) is 9.78. The Morgan fingerprint density at radius 1 is 0.973 bits per heavy atom. The molecule has 1 aliphatic heterocycles. The van der Waals surface area contributed by atoms with E-state index in [-0.39, 0.29) is 17.5 Å². The number of nitrogens with zero attached hydrogens (tertiary/aromatic N) is 2. The molecule has 0 saturated carbocycles. The minimum atomic E-state index is -0.158. The van der Waals surface area contributed by atoms with E-state index in [4.69, 9.17) is 0 Å². The van der Waals surface area contributed by atoms with E-state index in [1.807, 2.05) is 84.9 Å². The Morgan fingerprint density at radius 2 is 1.62 bits per heavy atom. The van der Waals surface area contributed by atoms with Crippen LogP contribution in [0.1, 0.15) is 47.9 Å². The van der Waals surface area contributed by atoms with Gasteiger partial charge in [-0.3, -0.25) is 19.1 Å². The van der Waals surface area contributed by atoms with E-state index < -0.39 is 0 Å². The third-order valence-corrected chi connectivity index (χ3v) is 7.17. The van der Waals surface area contributed by atoms with Crippen LogP contribution in [0, 0.1) is 0 Å². The molecule has 0 radical (unpaired) electrons. The monoisotopic (exact) mass is 494 g/mol. The highest BCUT2D eigenvalue weighted by molar-refractivity contribution is 6.08. The van der Waals surface area contributed by atoms with Crippen LogP contribution in [-0.4, -0.2) is 41.1 Å². The SMILES string of the molecule is CC[C@H](NC(=O)c1c(CN2CCN[C@H](C)C2)n(-c2ccccc2)c(=O)c2ccccc12)c1ccccc1. The number of para-hydroxylation sites is 1. The first-order valence-electron chi connectivity index (χ1n) is 13.1. The minimum Gasteiger partial charge on any atom is -0.345 e. The summed E-state index contributed by atoms with van der Waals surface area (Å²) in [5, 5.41) is 8.01. The first-order valence-corrected chi connectivity index (χ1v) is 13.1. The lowest BCUT2D eigenvalue weighted by Crippen LogP contribution is -2.49. The van der Waals surface area contributed by atoms with Crippen molar-refractivity contribution >= 4 is 16.7 Å². The van der Waals surface area contributed by atoms with Gasteiger partial charge in [-0.1, -0.05) is 73.7 Å². The van der Waals surface area contributed by atoms with Crippen molar-refractivity contribution < 1.29 is 4.79 Å². The van der Waals surface area contributed by atoms with Gasteiger partial charge in [-0.2, -0.15) is 0 Å². The number of aromatic nitrogens is 1. The van der Waals surface area contributed by atoms with E-state index >= 15 is 0 Å². The third kappa shape index (κ3) is 5.22. The molecule has 6 heteroatoms. The third-order valence-electron chi connectivity index (χ3n) is 7.17. The summed E-state index contributed by atoms with van der Waals surface area (Å²) in [7, 11) is 0. The molecule has 5 rings (SSSR count). The van der Waals surface area contributed by atoms with Crippen molar-refractivity contribution in [1.82, 2.24) is 20.1 Å². The maximum atomic E-state index is 14.2. The number of hydrogen-bond donors (Lipinski definition) is 2. The molecule has 0 unspecified atom stereocenters. The fourth-order valence-corrected chi connectivity index (χ4v) is 5.36. The Balaban J connectivity index is 1.70. The van der Waals surface area contributed by atoms with E-state index in [0.717, 1.165) is 43.0 Å². The van der Waals surface area contributed by atoms with Crippen LogP contribution in [0.4, 0.5) is 0 Å². The van der Waals surface area contributed by atoms with Crippen molar-refractivity contribution in [1.29, 1.82) is 0 Å². The lowest BCUT2D eigenvalue weighted by molar-refractivity contribution is 0.0933. The highest BCUT2D eigenvalue weighted by Gasteiger charge is 2.27. The average molecular weight is 495 g/mol. The second-order valence-electron chi connectivity index (χ2n) is 9.78. The summed E-state index contributed by atoms with van der Waals surface area (Å²) in [6.07, 6.45) is 0.761. The number of benzene rings is 3. The zero-order valence-electron chi connectivity index (χ0n) is 21.5. The van der Waals surface area contributed by atoms with Crippen LogP contribution < -0.4 is 16.2 Å². The number of amides is 1. The largest absolute Gasteiger partial charge is 0.345 e. The summed E-state index contributed by atoms with van der Waals surface area (Å²) in [4.78, 5) is 30.4. The number of piperazine rings is 1. The molecule has 0 bridgehead atoms. The normalized spacial score (nSPS) is 17.0. The fourth-order valence-electron chi connectivity index (χ4n) is 5.36. The Morgan fingerprint density at radius 3 is 2.30 bits per heavy atom. The van der Waals surface area contributed by atoms with Gasteiger partial charge in [0.25, 0.3) is 11.5 Å². The Bertz CT molecular complexity index is 1430. The number of pyridine rings is 1. The predicted octanol–water partition coefficient (Wildman–Crippen LogP) is 4.67. The van der Waals surface area contributed by atoms with Gasteiger partial charge in [0.15, 0.2) is 0 Å². The number of fused-ring (bicyclic) bond motifs is 1. The van der Waals surface area contributed by atoms with Crippen LogP contribution in [0.15, 0.2) is 89.7 Å². The van der Waals surface area contributed by atoms with Crippen LogP contribution >= 0.6 is 0 Å². The van der Waals surface area contributed by atoms with Gasteiger partial charge < -0.3 is 10.6 Å². The van der Waals surface area contributed by atoms with Crippen LogP contribution in [0.5, 0.6) is 0 Å². The van der Waals surface area contributed by atoms with Crippen LogP contribution in [0.2, 0.25) is 0 Å². The van der Waals surface area contributed by atoms with Crippen LogP contribution in [0.3, 0.4) is 0 Å². The van der Waals surface area contributed by atoms with Crippen molar-refractivity contribution in [2.24, 2.45) is 0 Å². The van der Waals surface area contributed by atoms with E-state index in [1.54, 1.807) is 4.57 Å². The number of hydrogen-bond acceptors (Lipinski definition) is 4. The summed E-state index contributed by atoms with van der Waals surface area (Å²) in [5.74, 6) is -0.158. The molecule has 3 aromatic carbocycles. The van der Waals surface area contributed by atoms with E-state index in [2.05, 4.69) is 29.4 Å². The molecule has 2 atom stereocenters. The molecule has 1 amide bonds. The minimum absolute atomic E-state index is 0.105. The molecule has 1 saturated heterocycles. The van der Waals surface area contributed by atoms with Gasteiger partial charge in [-0.05, 0) is 37.1 Å². The van der Waals surface area contributed by atoms with E-state index in [0.29, 0.717) is 28.9 Å². The number of carbonyl (C=O) groups is 1. The standard InChI is InChI=1S/C31H34N4O2/c1-3-27(23-12-6-4-7-13-23)33-30(36)29-25-16-10-11-17-26(25)31(37)35(24-14-8-5-9-15-24)28(29)21-34-19-18-32-22(2)20-34/h4-17,22,27,32H,3,18-21H2,1-2H3,(H,33,36)/t22-,27+/m1/s1. The van der Waals surface area contributed by atoms with Gasteiger partial charge >= 0.3 is 0 Å². The highest BCUT2D eigenvalue weighted by Crippen LogP contribution is 2.26. The number of nitrogens with one attached hydrogen (secondary N) is 2. The van der Waals surface area contributed by atoms with Gasteiger partial charge in [-0.15, -0.1) is 0 Å². The summed E-state index contributed by atoms with van der Waals surface area (Å²) >= 11 is 0. The van der Waals surface area contributed by atoms with Crippen molar-refractivity contribution in [3.05, 3.63) is 112 Å². The Labute approximate surface area is 217 Å². The van der Waals surface area contributed by atoms with Crippen molar-refractivity contribution in [3.8, 4) is 5.69 Å². The molecular weight excluding hydrogens is 460 g/mol. The lowest BCUT2D eigenvalue weighted by atomic mass is 9.99. The summed E-state index contributed by atoms with van der Waals surface area (Å²) in [6.45, 7) is 7.31. The molecule has 190 valence electrons. The van der Waals surface area contributed by atoms with Gasteiger partial charge in [0.05, 0.1) is 17.3 Å². The molecule has 2 heterocycles. The fraction of sp³-hybridized carbons (Fsp3) is 0.290. The average Bonchev–Trinajstić information content (AvgIpc) is 2.93. The summed E-state index contributed by atoms with van der Waals surface area (Å²) in [6, 6.07) is 27.4. The van der Waals surface area contributed by atoms with Crippen molar-refractivity contribution in [3.63, 3.8) is 0 Å². The number of carbonyl (C=O) groups excluding carboxylic acids is 1. The van der Waals surface area contributed by atoms with Gasteiger partial charge in [0, 0.05) is 48.7 Å². The van der Waals surface area contributed by atoms with E-state index in [9.17, 15) is 9.59 Å². The first-order chi connectivity index (χ1) is 18.1. The van der Waals surface area contributed by atoms with Gasteiger partial charge in [0.1, 0.15) is 0 Å². The molecule has 1 fully saturated rings. The molecule has 1 aromatic heterocycles. The molecule has 37 heavy (non-hydrogen) atoms. The Hall–Kier alpha value is -3.74. The zero-order chi connectivity index (χ0) is 25.8. The molecular formula is C31H34N4O2. The lowest BCUT2D eigenvalue weighted by Gasteiger charge is -2.33. The highest BCUT2D eigenvalue weighted by atomic mass is 16.2. The van der Waals surface area contributed by atoms with Gasteiger partial charge in [-0.25, -0.2) is 0 Å². The summed E-state index contributed by atoms with van der Waals surface area (Å²) < 4.78 is 1.74. The molecule has 4 aromatic rings. The second kappa shape index (κ2) is 11.1. The number of rotatable bonds is 7. The Kier molecular flexibility index (Phi) is 7.49. The van der Waals surface area contributed by atoms with E-state index in [1.165, 1.54) is 0 Å². The van der Waals surface area contributed by atoms with Crippen LogP contribution in [0.25, 0.3) is 16.5 Å². The summed E-state index contributed by atoms with van der Waals surface area (Å²) in [5.41, 5.74) is 3.02. The smallest absolute Gasteiger partial charge is 0.263 e. The quantitative estimate of drug-likeness (QED) is 0.392. The topological polar surface area (TPSA) is 66.4 Å². The van der Waals surface area contributed by atoms with Crippen LogP contribution in [-0.2, 0) is 6.54 Å². The molecule has 0 spiro atoms. The predicted molar refractivity (Wildman–Crippen MR) is 149 cm³/mol. The molecule has 6 nitrogen and oxygen atoms in total. The van der Waals surface area contributed by atoms with Crippen molar-refractivity contribution in [2.75, 3.05) is 19.6 Å². The molecule has 0 aliphatic carbocycles. The maximum absolute atomic E-state index is 14.2. The first kappa shape index (κ1) is 24.9. The maximum Gasteiger partial charge on any atom is 0.263 e. The molecule has 1 aliphatic rings. The van der Waals surface area contributed by atoms with Gasteiger partial charge in [0.2, 0.25) is 0 Å². The van der Waals surface area contributed by atoms with Crippen molar-refractivity contribution in [2.45, 2.75) is 38.9 Å².